The molecule has 152 valence electrons. The third-order valence-corrected chi connectivity index (χ3v) is 6.26. The zero-order valence-corrected chi connectivity index (χ0v) is 16.0. The molecule has 1 spiro atoms. The molecule has 6 rings (SSSR count). The maximum atomic E-state index is 13.4. The summed E-state index contributed by atoms with van der Waals surface area (Å²) in [6.07, 6.45) is 6.86. The number of hydrogen-bond acceptors (Lipinski definition) is 6. The van der Waals surface area contributed by atoms with E-state index in [0.29, 0.717) is 30.3 Å². The van der Waals surface area contributed by atoms with Crippen LogP contribution in [0.15, 0.2) is 54.9 Å². The molecule has 4 aliphatic rings. The Kier molecular flexibility index (Phi) is 3.67. The molecular formula is C22H19N3O5. The highest BCUT2D eigenvalue weighted by Crippen LogP contribution is 2.53. The summed E-state index contributed by atoms with van der Waals surface area (Å²) in [5.74, 6) is -0.122. The number of anilines is 1. The molecule has 0 aliphatic carbocycles. The van der Waals surface area contributed by atoms with Crippen LogP contribution in [0.2, 0.25) is 0 Å². The maximum Gasteiger partial charge on any atom is 0.234 e. The molecule has 2 saturated heterocycles. The van der Waals surface area contributed by atoms with Crippen LogP contribution in [-0.2, 0) is 20.9 Å². The van der Waals surface area contributed by atoms with E-state index in [0.717, 1.165) is 5.56 Å². The van der Waals surface area contributed by atoms with Crippen LogP contribution >= 0.6 is 0 Å². The highest BCUT2D eigenvalue weighted by Gasteiger charge is 2.67. The van der Waals surface area contributed by atoms with Gasteiger partial charge in [0.1, 0.15) is 5.60 Å². The number of nitrogens with one attached hydrogen (secondary N) is 1. The van der Waals surface area contributed by atoms with Gasteiger partial charge in [-0.25, -0.2) is 0 Å². The van der Waals surface area contributed by atoms with Crippen LogP contribution in [0.1, 0.15) is 5.56 Å². The Balaban J connectivity index is 1.25. The zero-order valence-electron chi connectivity index (χ0n) is 16.0. The van der Waals surface area contributed by atoms with Gasteiger partial charge in [-0.05, 0) is 23.8 Å². The maximum absolute atomic E-state index is 13.4. The first kappa shape index (κ1) is 17.5. The first-order valence-electron chi connectivity index (χ1n) is 9.89. The van der Waals surface area contributed by atoms with E-state index in [2.05, 4.69) is 10.3 Å². The summed E-state index contributed by atoms with van der Waals surface area (Å²) < 4.78 is 17.0. The lowest BCUT2D eigenvalue weighted by molar-refractivity contribution is -0.132. The molecule has 2 amide bonds. The number of carbonyl (C=O) groups is 2. The monoisotopic (exact) mass is 405 g/mol. The van der Waals surface area contributed by atoms with Gasteiger partial charge < -0.3 is 24.4 Å². The average molecular weight is 405 g/mol. The molecule has 8 nitrogen and oxygen atoms in total. The second-order valence-corrected chi connectivity index (χ2v) is 7.94. The Labute approximate surface area is 172 Å². The second kappa shape index (κ2) is 6.30. The summed E-state index contributed by atoms with van der Waals surface area (Å²) >= 11 is 0. The van der Waals surface area contributed by atoms with Gasteiger partial charge in [-0.15, -0.1) is 0 Å². The van der Waals surface area contributed by atoms with Crippen molar-refractivity contribution in [3.05, 3.63) is 60.4 Å². The minimum absolute atomic E-state index is 0.109. The Bertz CT molecular complexity index is 1070. The number of nitrogens with zero attached hydrogens (tertiary/aromatic N) is 2. The molecule has 2 fully saturated rings. The molecule has 1 N–H and O–H groups in total. The number of hydrogen-bond donors (Lipinski definition) is 1. The van der Waals surface area contributed by atoms with E-state index in [1.165, 1.54) is 0 Å². The number of pyridine rings is 1. The predicted octanol–water partition coefficient (Wildman–Crippen LogP) is 1.41. The quantitative estimate of drug-likeness (QED) is 0.774. The fourth-order valence-corrected chi connectivity index (χ4v) is 4.88. The molecule has 1 aromatic carbocycles. The van der Waals surface area contributed by atoms with Crippen molar-refractivity contribution in [3.8, 4) is 11.5 Å². The van der Waals surface area contributed by atoms with Crippen molar-refractivity contribution in [1.82, 2.24) is 10.3 Å². The van der Waals surface area contributed by atoms with E-state index in [4.69, 9.17) is 14.2 Å². The van der Waals surface area contributed by atoms with Gasteiger partial charge >= 0.3 is 0 Å². The van der Waals surface area contributed by atoms with Crippen molar-refractivity contribution in [2.75, 3.05) is 18.2 Å². The highest BCUT2D eigenvalue weighted by molar-refractivity contribution is 6.03. The fourth-order valence-electron chi connectivity index (χ4n) is 4.88. The molecule has 8 heteroatoms. The standard InChI is InChI=1S/C22H19N3O5/c26-20(24-10-13-2-1-7-23-9-13)18-16-5-6-22(30-16)11-25(21(27)19(18)22)14-3-4-15-17(8-14)29-12-28-15/h1-9,16,18-19H,10-12H2,(H,24,26)/t16-,18?,19?,22+/m1/s1. The molecule has 4 atom stereocenters. The Hall–Kier alpha value is -3.39. The summed E-state index contributed by atoms with van der Waals surface area (Å²) in [6, 6.07) is 9.14. The molecule has 0 saturated carbocycles. The van der Waals surface area contributed by atoms with Gasteiger partial charge in [0.05, 0.1) is 24.5 Å². The van der Waals surface area contributed by atoms with Crippen molar-refractivity contribution in [1.29, 1.82) is 0 Å². The molecule has 4 aliphatic heterocycles. The van der Waals surface area contributed by atoms with Crippen LogP contribution < -0.4 is 19.7 Å². The Morgan fingerprint density at radius 3 is 3.03 bits per heavy atom. The van der Waals surface area contributed by atoms with Gasteiger partial charge in [0, 0.05) is 30.7 Å². The number of carbonyl (C=O) groups excluding carboxylic acids is 2. The number of ether oxygens (including phenoxy) is 3. The smallest absolute Gasteiger partial charge is 0.234 e. The van der Waals surface area contributed by atoms with E-state index >= 15 is 0 Å². The van der Waals surface area contributed by atoms with E-state index in [1.807, 2.05) is 30.4 Å². The molecule has 2 bridgehead atoms. The number of aromatic nitrogens is 1. The summed E-state index contributed by atoms with van der Waals surface area (Å²) in [7, 11) is 0. The van der Waals surface area contributed by atoms with Gasteiger partial charge in [-0.2, -0.15) is 0 Å². The lowest BCUT2D eigenvalue weighted by Crippen LogP contribution is -2.44. The topological polar surface area (TPSA) is 90.0 Å². The lowest BCUT2D eigenvalue weighted by Gasteiger charge is -2.23. The summed E-state index contributed by atoms with van der Waals surface area (Å²) in [5, 5.41) is 2.94. The average Bonchev–Trinajstić information content (AvgIpc) is 3.53. The summed E-state index contributed by atoms with van der Waals surface area (Å²) in [6.45, 7) is 0.904. The van der Waals surface area contributed by atoms with Crippen molar-refractivity contribution >= 4 is 17.5 Å². The minimum atomic E-state index is -0.769. The Morgan fingerprint density at radius 1 is 1.27 bits per heavy atom. The van der Waals surface area contributed by atoms with Crippen LogP contribution in [0.3, 0.4) is 0 Å². The molecule has 0 radical (unpaired) electrons. The third kappa shape index (κ3) is 2.46. The van der Waals surface area contributed by atoms with Gasteiger partial charge in [-0.1, -0.05) is 18.2 Å². The summed E-state index contributed by atoms with van der Waals surface area (Å²) in [5.41, 5.74) is 0.844. The number of amides is 2. The molecule has 30 heavy (non-hydrogen) atoms. The molecule has 1 aromatic heterocycles. The first-order chi connectivity index (χ1) is 14.6. The largest absolute Gasteiger partial charge is 0.454 e. The van der Waals surface area contributed by atoms with E-state index in [9.17, 15) is 9.59 Å². The normalized spacial score (nSPS) is 30.1. The van der Waals surface area contributed by atoms with Crippen LogP contribution in [0.5, 0.6) is 11.5 Å². The van der Waals surface area contributed by atoms with Gasteiger partial charge in [-0.3, -0.25) is 14.6 Å². The van der Waals surface area contributed by atoms with Crippen molar-refractivity contribution in [2.45, 2.75) is 18.2 Å². The first-order valence-corrected chi connectivity index (χ1v) is 9.89. The lowest BCUT2D eigenvalue weighted by atomic mass is 9.77. The third-order valence-electron chi connectivity index (χ3n) is 6.26. The highest BCUT2D eigenvalue weighted by atomic mass is 16.7. The Morgan fingerprint density at radius 2 is 2.17 bits per heavy atom. The molecular weight excluding hydrogens is 386 g/mol. The predicted molar refractivity (Wildman–Crippen MR) is 105 cm³/mol. The molecule has 2 aromatic rings. The van der Waals surface area contributed by atoms with Crippen LogP contribution in [-0.4, -0.2) is 41.8 Å². The minimum Gasteiger partial charge on any atom is -0.454 e. The molecule has 2 unspecified atom stereocenters. The second-order valence-electron chi connectivity index (χ2n) is 7.94. The van der Waals surface area contributed by atoms with E-state index < -0.39 is 17.4 Å². The van der Waals surface area contributed by atoms with E-state index in [1.54, 1.807) is 29.4 Å². The number of rotatable bonds is 4. The number of fused-ring (bicyclic) bond motifs is 2. The van der Waals surface area contributed by atoms with Crippen LogP contribution in [0, 0.1) is 11.8 Å². The SMILES string of the molecule is O=C(NCc1cccnc1)C1C2C(=O)N(c3ccc4c(c3)OCO4)C[C@@]23C=C[C@H]1O3. The fraction of sp³-hybridized carbons (Fsp3) is 0.318. The van der Waals surface area contributed by atoms with Gasteiger partial charge in [0.15, 0.2) is 11.5 Å². The van der Waals surface area contributed by atoms with Crippen LogP contribution in [0.4, 0.5) is 5.69 Å². The molecule has 5 heterocycles. The summed E-state index contributed by atoms with van der Waals surface area (Å²) in [4.78, 5) is 32.2. The van der Waals surface area contributed by atoms with Gasteiger partial charge in [0.25, 0.3) is 0 Å². The van der Waals surface area contributed by atoms with Crippen molar-refractivity contribution < 1.29 is 23.8 Å². The van der Waals surface area contributed by atoms with Crippen LogP contribution in [0.25, 0.3) is 0 Å². The van der Waals surface area contributed by atoms with Gasteiger partial charge in [0.2, 0.25) is 18.6 Å². The van der Waals surface area contributed by atoms with Crippen molar-refractivity contribution in [2.24, 2.45) is 11.8 Å². The number of benzene rings is 1. The zero-order chi connectivity index (χ0) is 20.3. The van der Waals surface area contributed by atoms with Crippen molar-refractivity contribution in [3.63, 3.8) is 0 Å². The van der Waals surface area contributed by atoms with E-state index in [-0.39, 0.29) is 24.7 Å².